The molecule has 138 valence electrons. The number of carbonyl (C=O) groups excluding carboxylic acids is 2. The third-order valence-electron chi connectivity index (χ3n) is 4.52. The summed E-state index contributed by atoms with van der Waals surface area (Å²) in [6, 6.07) is 19.1. The van der Waals surface area contributed by atoms with Gasteiger partial charge in [-0.25, -0.2) is 0 Å². The van der Waals surface area contributed by atoms with E-state index in [1.54, 1.807) is 16.0 Å². The van der Waals surface area contributed by atoms with E-state index >= 15 is 0 Å². The zero-order chi connectivity index (χ0) is 19.2. The molecular weight excluding hydrogens is 338 g/mol. The Bertz CT molecular complexity index is 935. The van der Waals surface area contributed by atoms with Gasteiger partial charge in [0.25, 0.3) is 0 Å². The van der Waals surface area contributed by atoms with E-state index in [0.717, 1.165) is 22.3 Å². The Hall–Kier alpha value is -3.21. The van der Waals surface area contributed by atoms with Gasteiger partial charge >= 0.3 is 0 Å². The summed E-state index contributed by atoms with van der Waals surface area (Å²) in [5.74, 6) is -0.119. The highest BCUT2D eigenvalue weighted by molar-refractivity contribution is 6.02. The predicted octanol–water partition coefficient (Wildman–Crippen LogP) is 4.03. The summed E-state index contributed by atoms with van der Waals surface area (Å²) in [6.45, 7) is 4.36. The Morgan fingerprint density at radius 3 is 2.37 bits per heavy atom. The van der Waals surface area contributed by atoms with E-state index in [1.165, 1.54) is 6.92 Å². The number of nitrogens with zero attached hydrogens (tertiary/aromatic N) is 3. The molecule has 3 rings (SSSR count). The first-order chi connectivity index (χ1) is 13.1. The zero-order valence-electron chi connectivity index (χ0n) is 15.6. The van der Waals surface area contributed by atoms with Gasteiger partial charge in [-0.1, -0.05) is 36.4 Å². The van der Waals surface area contributed by atoms with Crippen LogP contribution in [0.5, 0.6) is 0 Å². The fraction of sp³-hybridized carbons (Fsp3) is 0.227. The summed E-state index contributed by atoms with van der Waals surface area (Å²) >= 11 is 0. The number of hydrogen-bond donors (Lipinski definition) is 0. The van der Waals surface area contributed by atoms with E-state index in [-0.39, 0.29) is 18.2 Å². The first kappa shape index (κ1) is 18.6. The molecule has 0 atom stereocenters. The van der Waals surface area contributed by atoms with Gasteiger partial charge in [0.1, 0.15) is 0 Å². The van der Waals surface area contributed by atoms with E-state index in [0.29, 0.717) is 13.1 Å². The largest absolute Gasteiger partial charge is 0.313 e. The Balaban J connectivity index is 1.81. The summed E-state index contributed by atoms with van der Waals surface area (Å²) < 4.78 is 0. The molecule has 0 radical (unpaired) electrons. The number of hydrogen-bond acceptors (Lipinski definition) is 3. The summed E-state index contributed by atoms with van der Waals surface area (Å²) in [7, 11) is 0. The predicted molar refractivity (Wildman–Crippen MR) is 109 cm³/mol. The molecule has 0 spiro atoms. The third-order valence-corrected chi connectivity index (χ3v) is 4.52. The SMILES string of the molecule is CCN(C(=O)CCN(C(C)=O)c1cccc2cccnc12)c1ccccc1. The van der Waals surface area contributed by atoms with Crippen LogP contribution in [0.4, 0.5) is 11.4 Å². The minimum absolute atomic E-state index is 0.0110. The fourth-order valence-electron chi connectivity index (χ4n) is 3.21. The Labute approximate surface area is 159 Å². The van der Waals surface area contributed by atoms with Crippen LogP contribution in [-0.4, -0.2) is 29.9 Å². The Kier molecular flexibility index (Phi) is 5.81. The van der Waals surface area contributed by atoms with Crippen molar-refractivity contribution in [3.63, 3.8) is 0 Å². The molecule has 3 aromatic rings. The van der Waals surface area contributed by atoms with Crippen LogP contribution in [0.1, 0.15) is 20.3 Å². The van der Waals surface area contributed by atoms with E-state index in [2.05, 4.69) is 4.98 Å². The molecule has 5 heteroatoms. The van der Waals surface area contributed by atoms with Crippen LogP contribution in [0.3, 0.4) is 0 Å². The van der Waals surface area contributed by atoms with Crippen molar-refractivity contribution >= 4 is 34.1 Å². The van der Waals surface area contributed by atoms with Gasteiger partial charge in [-0.2, -0.15) is 0 Å². The second kappa shape index (κ2) is 8.45. The second-order valence-corrected chi connectivity index (χ2v) is 6.25. The molecule has 0 unspecified atom stereocenters. The van der Waals surface area contributed by atoms with Gasteiger partial charge in [-0.3, -0.25) is 14.6 Å². The van der Waals surface area contributed by atoms with E-state index < -0.39 is 0 Å². The lowest BCUT2D eigenvalue weighted by atomic mass is 10.1. The summed E-state index contributed by atoms with van der Waals surface area (Å²) in [6.07, 6.45) is 1.95. The smallest absolute Gasteiger partial charge is 0.228 e. The number of anilines is 2. The molecule has 0 N–H and O–H groups in total. The van der Waals surface area contributed by atoms with Crippen LogP contribution in [0.15, 0.2) is 66.9 Å². The second-order valence-electron chi connectivity index (χ2n) is 6.25. The van der Waals surface area contributed by atoms with Crippen molar-refractivity contribution in [3.8, 4) is 0 Å². The lowest BCUT2D eigenvalue weighted by molar-refractivity contribution is -0.118. The van der Waals surface area contributed by atoms with Crippen molar-refractivity contribution in [2.45, 2.75) is 20.3 Å². The van der Waals surface area contributed by atoms with Gasteiger partial charge < -0.3 is 9.80 Å². The Morgan fingerprint density at radius 2 is 1.67 bits per heavy atom. The number of para-hydroxylation sites is 2. The minimum Gasteiger partial charge on any atom is -0.313 e. The fourth-order valence-corrected chi connectivity index (χ4v) is 3.21. The number of aromatic nitrogens is 1. The maximum atomic E-state index is 12.8. The molecular formula is C22H23N3O2. The normalized spacial score (nSPS) is 10.6. The van der Waals surface area contributed by atoms with Crippen molar-refractivity contribution in [1.82, 2.24) is 4.98 Å². The summed E-state index contributed by atoms with van der Waals surface area (Å²) in [4.78, 5) is 32.8. The van der Waals surface area contributed by atoms with Crippen molar-refractivity contribution in [3.05, 3.63) is 66.9 Å². The maximum Gasteiger partial charge on any atom is 0.228 e. The molecule has 0 saturated carbocycles. The van der Waals surface area contributed by atoms with Gasteiger partial charge in [-0.15, -0.1) is 0 Å². The van der Waals surface area contributed by atoms with E-state index in [9.17, 15) is 9.59 Å². The molecule has 1 aromatic heterocycles. The van der Waals surface area contributed by atoms with Gasteiger partial charge in [0.05, 0.1) is 11.2 Å². The quantitative estimate of drug-likeness (QED) is 0.666. The highest BCUT2D eigenvalue weighted by Crippen LogP contribution is 2.25. The topological polar surface area (TPSA) is 53.5 Å². The molecule has 27 heavy (non-hydrogen) atoms. The summed E-state index contributed by atoms with van der Waals surface area (Å²) in [5, 5.41) is 0.965. The van der Waals surface area contributed by atoms with E-state index in [4.69, 9.17) is 0 Å². The lowest BCUT2D eigenvalue weighted by Gasteiger charge is -2.25. The molecule has 0 aliphatic heterocycles. The highest BCUT2D eigenvalue weighted by Gasteiger charge is 2.19. The van der Waals surface area contributed by atoms with Crippen LogP contribution in [0, 0.1) is 0 Å². The third kappa shape index (κ3) is 4.14. The van der Waals surface area contributed by atoms with Gasteiger partial charge in [0.2, 0.25) is 11.8 Å². The van der Waals surface area contributed by atoms with Gasteiger partial charge in [0, 0.05) is 43.7 Å². The number of rotatable bonds is 6. The molecule has 0 bridgehead atoms. The number of carbonyl (C=O) groups is 2. The molecule has 0 saturated heterocycles. The number of amides is 2. The van der Waals surface area contributed by atoms with Crippen LogP contribution in [-0.2, 0) is 9.59 Å². The van der Waals surface area contributed by atoms with Crippen molar-refractivity contribution in [1.29, 1.82) is 0 Å². The molecule has 0 aliphatic rings. The number of pyridine rings is 1. The minimum atomic E-state index is -0.108. The molecule has 5 nitrogen and oxygen atoms in total. The number of benzene rings is 2. The van der Waals surface area contributed by atoms with Crippen LogP contribution >= 0.6 is 0 Å². The van der Waals surface area contributed by atoms with Crippen molar-refractivity contribution < 1.29 is 9.59 Å². The summed E-state index contributed by atoms with van der Waals surface area (Å²) in [5.41, 5.74) is 2.36. The molecule has 2 amide bonds. The van der Waals surface area contributed by atoms with Crippen molar-refractivity contribution in [2.24, 2.45) is 0 Å². The first-order valence-corrected chi connectivity index (χ1v) is 9.09. The van der Waals surface area contributed by atoms with Crippen LogP contribution in [0.2, 0.25) is 0 Å². The van der Waals surface area contributed by atoms with Crippen molar-refractivity contribution in [2.75, 3.05) is 22.9 Å². The van der Waals surface area contributed by atoms with Gasteiger partial charge in [-0.05, 0) is 31.2 Å². The average Bonchev–Trinajstić information content (AvgIpc) is 2.69. The maximum absolute atomic E-state index is 12.8. The average molecular weight is 361 g/mol. The lowest BCUT2D eigenvalue weighted by Crippen LogP contribution is -2.36. The van der Waals surface area contributed by atoms with Crippen LogP contribution in [0.25, 0.3) is 10.9 Å². The van der Waals surface area contributed by atoms with Gasteiger partial charge in [0.15, 0.2) is 0 Å². The first-order valence-electron chi connectivity index (χ1n) is 9.09. The molecule has 0 fully saturated rings. The standard InChI is InChI=1S/C22H23N3O2/c1-3-24(19-11-5-4-6-12-19)21(27)14-16-25(17(2)26)20-13-7-9-18-10-8-15-23-22(18)20/h4-13,15H,3,14,16H2,1-2H3. The number of fused-ring (bicyclic) bond motifs is 1. The highest BCUT2D eigenvalue weighted by atomic mass is 16.2. The molecule has 0 aliphatic carbocycles. The van der Waals surface area contributed by atoms with E-state index in [1.807, 2.05) is 67.6 Å². The Morgan fingerprint density at radius 1 is 0.926 bits per heavy atom. The zero-order valence-corrected chi connectivity index (χ0v) is 15.6. The molecule has 2 aromatic carbocycles. The monoisotopic (exact) mass is 361 g/mol. The molecule has 1 heterocycles. The van der Waals surface area contributed by atoms with Crippen LogP contribution < -0.4 is 9.80 Å².